The van der Waals surface area contributed by atoms with Crippen LogP contribution in [0.4, 0.5) is 5.69 Å². The molecule has 0 N–H and O–H groups in total. The number of nitrogens with zero attached hydrogens (tertiary/aromatic N) is 2. The van der Waals surface area contributed by atoms with Crippen molar-refractivity contribution in [1.82, 2.24) is 4.98 Å². The van der Waals surface area contributed by atoms with Crippen LogP contribution in [0.25, 0.3) is 10.2 Å². The molecule has 16 heavy (non-hydrogen) atoms. The van der Waals surface area contributed by atoms with Gasteiger partial charge in [-0.25, -0.2) is 9.88 Å². The fourth-order valence-corrected chi connectivity index (χ4v) is 2.35. The standard InChI is InChI=1S/C11H6N2O2S/c14-10-3-4-11(15)13(10)7-1-2-8-9(5-7)16-6-12-8/h1-6H. The molecule has 0 unspecified atom stereocenters. The summed E-state index contributed by atoms with van der Waals surface area (Å²) in [7, 11) is 0. The van der Waals surface area contributed by atoms with E-state index in [1.165, 1.54) is 23.5 Å². The fraction of sp³-hybridized carbons (Fsp3) is 0. The molecule has 0 spiro atoms. The van der Waals surface area contributed by atoms with Crippen LogP contribution in [-0.4, -0.2) is 16.8 Å². The van der Waals surface area contributed by atoms with Crippen molar-refractivity contribution < 1.29 is 9.59 Å². The van der Waals surface area contributed by atoms with Crippen LogP contribution in [0.1, 0.15) is 0 Å². The number of carbonyl (C=O) groups excluding carboxylic acids is 2. The summed E-state index contributed by atoms with van der Waals surface area (Å²) in [5.41, 5.74) is 3.21. The molecule has 0 aliphatic carbocycles. The fourth-order valence-electron chi connectivity index (χ4n) is 1.64. The minimum absolute atomic E-state index is 0.297. The van der Waals surface area contributed by atoms with Gasteiger partial charge in [0, 0.05) is 12.2 Å². The summed E-state index contributed by atoms with van der Waals surface area (Å²) in [6.07, 6.45) is 2.55. The second-order valence-electron chi connectivity index (χ2n) is 3.35. The van der Waals surface area contributed by atoms with Crippen molar-refractivity contribution in [2.24, 2.45) is 0 Å². The van der Waals surface area contributed by atoms with Crippen LogP contribution in [0.2, 0.25) is 0 Å². The molecule has 0 radical (unpaired) electrons. The van der Waals surface area contributed by atoms with E-state index in [2.05, 4.69) is 4.98 Å². The van der Waals surface area contributed by atoms with Crippen molar-refractivity contribution in [3.05, 3.63) is 35.9 Å². The number of carbonyl (C=O) groups is 2. The molecule has 0 saturated carbocycles. The van der Waals surface area contributed by atoms with Gasteiger partial charge in [0.15, 0.2) is 0 Å². The molecule has 5 heteroatoms. The first-order valence-corrected chi connectivity index (χ1v) is 5.53. The zero-order valence-electron chi connectivity index (χ0n) is 8.08. The summed E-state index contributed by atoms with van der Waals surface area (Å²) in [4.78, 5) is 28.2. The van der Waals surface area contributed by atoms with Gasteiger partial charge in [-0.3, -0.25) is 9.59 Å². The first kappa shape index (κ1) is 9.23. The molecular formula is C11H6N2O2S. The minimum Gasteiger partial charge on any atom is -0.269 e. The van der Waals surface area contributed by atoms with Crippen LogP contribution in [0.3, 0.4) is 0 Å². The van der Waals surface area contributed by atoms with E-state index in [-0.39, 0.29) is 11.8 Å². The van der Waals surface area contributed by atoms with Crippen molar-refractivity contribution in [2.75, 3.05) is 4.90 Å². The number of imide groups is 1. The predicted octanol–water partition coefficient (Wildman–Crippen LogP) is 1.73. The molecule has 4 nitrogen and oxygen atoms in total. The number of benzene rings is 1. The van der Waals surface area contributed by atoms with Gasteiger partial charge in [0.2, 0.25) is 0 Å². The zero-order chi connectivity index (χ0) is 11.1. The van der Waals surface area contributed by atoms with E-state index in [0.717, 1.165) is 15.1 Å². The maximum atomic E-state index is 11.5. The third-order valence-electron chi connectivity index (χ3n) is 2.38. The first-order valence-electron chi connectivity index (χ1n) is 4.65. The highest BCUT2D eigenvalue weighted by Crippen LogP contribution is 2.26. The number of rotatable bonds is 1. The third kappa shape index (κ3) is 1.25. The number of aromatic nitrogens is 1. The van der Waals surface area contributed by atoms with Crippen molar-refractivity contribution in [2.45, 2.75) is 0 Å². The molecule has 2 amide bonds. The monoisotopic (exact) mass is 230 g/mol. The molecule has 1 aromatic heterocycles. The second kappa shape index (κ2) is 3.24. The van der Waals surface area contributed by atoms with E-state index < -0.39 is 0 Å². The van der Waals surface area contributed by atoms with Crippen LogP contribution in [0, 0.1) is 0 Å². The number of fused-ring (bicyclic) bond motifs is 1. The highest BCUT2D eigenvalue weighted by atomic mass is 32.1. The first-order chi connectivity index (χ1) is 7.75. The molecule has 3 rings (SSSR count). The van der Waals surface area contributed by atoms with Crippen LogP contribution >= 0.6 is 11.3 Å². The molecule has 0 saturated heterocycles. The molecule has 1 aliphatic rings. The van der Waals surface area contributed by atoms with Crippen LogP contribution in [0.15, 0.2) is 35.9 Å². The number of amides is 2. The van der Waals surface area contributed by atoms with E-state index in [4.69, 9.17) is 0 Å². The Morgan fingerprint density at radius 2 is 1.88 bits per heavy atom. The van der Waals surface area contributed by atoms with Gasteiger partial charge in [-0.1, -0.05) is 0 Å². The Kier molecular flexibility index (Phi) is 1.87. The van der Waals surface area contributed by atoms with Gasteiger partial charge in [0.25, 0.3) is 11.8 Å². The predicted molar refractivity (Wildman–Crippen MR) is 61.3 cm³/mol. The van der Waals surface area contributed by atoms with Crippen LogP contribution < -0.4 is 4.90 Å². The topological polar surface area (TPSA) is 50.3 Å². The number of thiazole rings is 1. The molecule has 78 valence electrons. The summed E-state index contributed by atoms with van der Waals surface area (Å²) < 4.78 is 0.963. The lowest BCUT2D eigenvalue weighted by Crippen LogP contribution is -2.29. The normalized spacial score (nSPS) is 15.4. The molecule has 1 aliphatic heterocycles. The number of anilines is 1. The Morgan fingerprint density at radius 1 is 1.12 bits per heavy atom. The molecule has 2 aromatic rings. The van der Waals surface area contributed by atoms with Gasteiger partial charge in [-0.2, -0.15) is 0 Å². The van der Waals surface area contributed by atoms with Gasteiger partial charge in [0.1, 0.15) is 0 Å². The number of hydrogen-bond acceptors (Lipinski definition) is 4. The molecule has 1 aromatic carbocycles. The molecule has 0 bridgehead atoms. The Bertz CT molecular complexity index is 612. The largest absolute Gasteiger partial charge is 0.269 e. The summed E-state index contributed by atoms with van der Waals surface area (Å²) in [5, 5.41) is 0. The van der Waals surface area contributed by atoms with Gasteiger partial charge in [0.05, 0.1) is 21.4 Å². The quantitative estimate of drug-likeness (QED) is 0.701. The SMILES string of the molecule is O=C1C=CC(=O)N1c1ccc2ncsc2c1. The second-order valence-corrected chi connectivity index (χ2v) is 4.24. The van der Waals surface area contributed by atoms with E-state index >= 15 is 0 Å². The Balaban J connectivity index is 2.12. The smallest absolute Gasteiger partial charge is 0.258 e. The van der Waals surface area contributed by atoms with E-state index in [1.807, 2.05) is 0 Å². The molecule has 0 atom stereocenters. The van der Waals surface area contributed by atoms with E-state index in [9.17, 15) is 9.59 Å². The maximum Gasteiger partial charge on any atom is 0.258 e. The van der Waals surface area contributed by atoms with Gasteiger partial charge in [-0.05, 0) is 18.2 Å². The molecular weight excluding hydrogens is 224 g/mol. The molecule has 0 fully saturated rings. The van der Waals surface area contributed by atoms with Crippen molar-refractivity contribution in [3.8, 4) is 0 Å². The minimum atomic E-state index is -0.297. The van der Waals surface area contributed by atoms with Crippen LogP contribution in [-0.2, 0) is 9.59 Å². The summed E-state index contributed by atoms with van der Waals surface area (Å²) >= 11 is 1.48. The third-order valence-corrected chi connectivity index (χ3v) is 3.17. The summed E-state index contributed by atoms with van der Waals surface area (Å²) in [5.74, 6) is -0.595. The lowest BCUT2D eigenvalue weighted by molar-refractivity contribution is -0.119. The van der Waals surface area contributed by atoms with Crippen molar-refractivity contribution in [1.29, 1.82) is 0 Å². The zero-order valence-corrected chi connectivity index (χ0v) is 8.90. The van der Waals surface area contributed by atoms with Crippen LogP contribution in [0.5, 0.6) is 0 Å². The lowest BCUT2D eigenvalue weighted by Gasteiger charge is -2.13. The van der Waals surface area contributed by atoms with Crippen molar-refractivity contribution in [3.63, 3.8) is 0 Å². The lowest BCUT2D eigenvalue weighted by atomic mass is 10.2. The Hall–Kier alpha value is -2.01. The Morgan fingerprint density at radius 3 is 2.62 bits per heavy atom. The highest BCUT2D eigenvalue weighted by Gasteiger charge is 2.25. The van der Waals surface area contributed by atoms with E-state index in [0.29, 0.717) is 5.69 Å². The van der Waals surface area contributed by atoms with Crippen molar-refractivity contribution >= 4 is 39.1 Å². The maximum absolute atomic E-state index is 11.5. The van der Waals surface area contributed by atoms with E-state index in [1.54, 1.807) is 23.7 Å². The number of hydrogen-bond donors (Lipinski definition) is 0. The Labute approximate surface area is 94.8 Å². The highest BCUT2D eigenvalue weighted by molar-refractivity contribution is 7.16. The van der Waals surface area contributed by atoms with Gasteiger partial charge in [-0.15, -0.1) is 11.3 Å². The average molecular weight is 230 g/mol. The average Bonchev–Trinajstić information content (AvgIpc) is 2.85. The summed E-state index contributed by atoms with van der Waals surface area (Å²) in [6, 6.07) is 5.33. The van der Waals surface area contributed by atoms with Gasteiger partial charge >= 0.3 is 0 Å². The molecule has 2 heterocycles. The van der Waals surface area contributed by atoms with Gasteiger partial charge < -0.3 is 0 Å². The summed E-state index contributed by atoms with van der Waals surface area (Å²) in [6.45, 7) is 0.